The van der Waals surface area contributed by atoms with Crippen molar-refractivity contribution in [3.8, 4) is 11.3 Å². The van der Waals surface area contributed by atoms with E-state index in [0.717, 1.165) is 5.56 Å². The fourth-order valence-electron chi connectivity index (χ4n) is 1.94. The Balaban J connectivity index is 2.06. The highest BCUT2D eigenvalue weighted by atomic mass is 16.5. The highest BCUT2D eigenvalue weighted by Crippen LogP contribution is 2.26. The van der Waals surface area contributed by atoms with Crippen molar-refractivity contribution in [2.75, 3.05) is 19.8 Å². The molecule has 0 saturated heterocycles. The van der Waals surface area contributed by atoms with Gasteiger partial charge in [-0.3, -0.25) is 0 Å². The van der Waals surface area contributed by atoms with Gasteiger partial charge in [-0.15, -0.1) is 0 Å². The number of nitrogens with zero attached hydrogens (tertiary/aromatic N) is 1. The summed E-state index contributed by atoms with van der Waals surface area (Å²) in [4.78, 5) is 12.2. The average Bonchev–Trinajstić information content (AvgIpc) is 2.89. The summed E-state index contributed by atoms with van der Waals surface area (Å²) >= 11 is 0. The highest BCUT2D eigenvalue weighted by molar-refractivity contribution is 5.96. The second-order valence-electron chi connectivity index (χ2n) is 4.52. The summed E-state index contributed by atoms with van der Waals surface area (Å²) in [7, 11) is 0. The lowest BCUT2D eigenvalue weighted by molar-refractivity contribution is 0.0452. The van der Waals surface area contributed by atoms with Crippen molar-refractivity contribution in [2.45, 2.75) is 20.3 Å². The van der Waals surface area contributed by atoms with Crippen LogP contribution in [0.15, 0.2) is 34.9 Å². The molecule has 5 heteroatoms. The SMILES string of the molecule is CCOCCCOC(=O)c1c(C)noc1-c1ccccc1. The zero-order chi connectivity index (χ0) is 15.1. The second kappa shape index (κ2) is 7.59. The van der Waals surface area contributed by atoms with Crippen molar-refractivity contribution in [3.63, 3.8) is 0 Å². The number of hydrogen-bond donors (Lipinski definition) is 0. The summed E-state index contributed by atoms with van der Waals surface area (Å²) in [5.41, 5.74) is 1.72. The van der Waals surface area contributed by atoms with Crippen LogP contribution < -0.4 is 0 Å². The van der Waals surface area contributed by atoms with Crippen molar-refractivity contribution in [2.24, 2.45) is 0 Å². The first-order chi connectivity index (χ1) is 10.2. The molecule has 0 amide bonds. The summed E-state index contributed by atoms with van der Waals surface area (Å²) < 4.78 is 15.7. The molecule has 1 aromatic carbocycles. The van der Waals surface area contributed by atoms with Crippen LogP contribution in [0, 0.1) is 6.92 Å². The first-order valence-corrected chi connectivity index (χ1v) is 7.00. The van der Waals surface area contributed by atoms with Gasteiger partial charge in [0.2, 0.25) is 0 Å². The maximum Gasteiger partial charge on any atom is 0.344 e. The summed E-state index contributed by atoms with van der Waals surface area (Å²) in [5.74, 6) is 0.0343. The Labute approximate surface area is 123 Å². The van der Waals surface area contributed by atoms with Crippen molar-refractivity contribution in [1.29, 1.82) is 0 Å². The molecular formula is C16H19NO4. The van der Waals surface area contributed by atoms with E-state index in [1.807, 2.05) is 37.3 Å². The molecule has 0 aliphatic heterocycles. The third-order valence-electron chi connectivity index (χ3n) is 2.97. The molecule has 0 bridgehead atoms. The Kier molecular flexibility index (Phi) is 5.51. The number of aryl methyl sites for hydroxylation is 1. The van der Waals surface area contributed by atoms with Gasteiger partial charge in [0.1, 0.15) is 5.56 Å². The van der Waals surface area contributed by atoms with E-state index in [1.165, 1.54) is 0 Å². The van der Waals surface area contributed by atoms with Gasteiger partial charge in [0.15, 0.2) is 5.76 Å². The van der Waals surface area contributed by atoms with Gasteiger partial charge < -0.3 is 14.0 Å². The van der Waals surface area contributed by atoms with Gasteiger partial charge in [0.05, 0.1) is 12.3 Å². The molecule has 2 rings (SSSR count). The number of benzene rings is 1. The van der Waals surface area contributed by atoms with Gasteiger partial charge in [-0.25, -0.2) is 4.79 Å². The zero-order valence-corrected chi connectivity index (χ0v) is 12.3. The van der Waals surface area contributed by atoms with Crippen LogP contribution in [0.5, 0.6) is 0 Å². The summed E-state index contributed by atoms with van der Waals surface area (Å²) in [6.07, 6.45) is 0.671. The van der Waals surface area contributed by atoms with Crippen LogP contribution in [0.3, 0.4) is 0 Å². The number of rotatable bonds is 7. The van der Waals surface area contributed by atoms with E-state index in [4.69, 9.17) is 14.0 Å². The summed E-state index contributed by atoms with van der Waals surface area (Å²) in [6, 6.07) is 9.39. The lowest BCUT2D eigenvalue weighted by Crippen LogP contribution is -2.10. The van der Waals surface area contributed by atoms with Gasteiger partial charge in [0, 0.05) is 25.2 Å². The molecule has 0 aliphatic rings. The van der Waals surface area contributed by atoms with Crippen molar-refractivity contribution in [3.05, 3.63) is 41.6 Å². The van der Waals surface area contributed by atoms with E-state index in [1.54, 1.807) is 6.92 Å². The fourth-order valence-corrected chi connectivity index (χ4v) is 1.94. The first kappa shape index (κ1) is 15.3. The van der Waals surface area contributed by atoms with Crippen LogP contribution in [-0.2, 0) is 9.47 Å². The molecule has 0 saturated carbocycles. The largest absolute Gasteiger partial charge is 0.462 e. The average molecular weight is 289 g/mol. The molecule has 0 atom stereocenters. The quantitative estimate of drug-likeness (QED) is 0.578. The predicted octanol–water partition coefficient (Wildman–Crippen LogP) is 3.23. The van der Waals surface area contributed by atoms with Crippen LogP contribution in [0.25, 0.3) is 11.3 Å². The highest BCUT2D eigenvalue weighted by Gasteiger charge is 2.22. The Hall–Kier alpha value is -2.14. The van der Waals surface area contributed by atoms with Gasteiger partial charge in [-0.05, 0) is 13.8 Å². The fraction of sp³-hybridized carbons (Fsp3) is 0.375. The summed E-state index contributed by atoms with van der Waals surface area (Å²) in [5, 5.41) is 3.87. The monoisotopic (exact) mass is 289 g/mol. The van der Waals surface area contributed by atoms with Crippen molar-refractivity contribution < 1.29 is 18.8 Å². The molecule has 0 spiro atoms. The van der Waals surface area contributed by atoms with E-state index < -0.39 is 5.97 Å². The molecule has 0 aliphatic carbocycles. The second-order valence-corrected chi connectivity index (χ2v) is 4.52. The molecule has 21 heavy (non-hydrogen) atoms. The number of hydrogen-bond acceptors (Lipinski definition) is 5. The van der Waals surface area contributed by atoms with E-state index in [0.29, 0.717) is 43.3 Å². The topological polar surface area (TPSA) is 61.6 Å². The van der Waals surface area contributed by atoms with Gasteiger partial charge in [0.25, 0.3) is 0 Å². The van der Waals surface area contributed by atoms with E-state index in [9.17, 15) is 4.79 Å². The van der Waals surface area contributed by atoms with E-state index in [2.05, 4.69) is 5.16 Å². The van der Waals surface area contributed by atoms with Crippen LogP contribution >= 0.6 is 0 Å². The summed E-state index contributed by atoms with van der Waals surface area (Å²) in [6.45, 7) is 5.22. The maximum absolute atomic E-state index is 12.2. The molecule has 5 nitrogen and oxygen atoms in total. The third kappa shape index (κ3) is 3.92. The standard InChI is InChI=1S/C16H19NO4/c1-3-19-10-7-11-20-16(18)14-12(2)17-21-15(14)13-8-5-4-6-9-13/h4-6,8-9H,3,7,10-11H2,1-2H3. The number of esters is 1. The van der Waals surface area contributed by atoms with Crippen LogP contribution in [-0.4, -0.2) is 30.9 Å². The van der Waals surface area contributed by atoms with E-state index >= 15 is 0 Å². The normalized spacial score (nSPS) is 10.6. The molecule has 2 aromatic rings. The number of carbonyl (C=O) groups excluding carboxylic acids is 1. The van der Waals surface area contributed by atoms with E-state index in [-0.39, 0.29) is 0 Å². The van der Waals surface area contributed by atoms with Crippen LogP contribution in [0.4, 0.5) is 0 Å². The number of aromatic nitrogens is 1. The molecule has 0 N–H and O–H groups in total. The Morgan fingerprint density at radius 1 is 1.24 bits per heavy atom. The van der Waals surface area contributed by atoms with Crippen LogP contribution in [0.2, 0.25) is 0 Å². The Bertz CT molecular complexity index is 577. The molecule has 0 radical (unpaired) electrons. The van der Waals surface area contributed by atoms with Gasteiger partial charge in [-0.1, -0.05) is 35.5 Å². The zero-order valence-electron chi connectivity index (χ0n) is 12.3. The van der Waals surface area contributed by atoms with Crippen LogP contribution in [0.1, 0.15) is 29.4 Å². The van der Waals surface area contributed by atoms with Crippen molar-refractivity contribution >= 4 is 5.97 Å². The molecule has 0 fully saturated rings. The molecule has 0 unspecified atom stereocenters. The Morgan fingerprint density at radius 3 is 2.71 bits per heavy atom. The number of ether oxygens (including phenoxy) is 2. The minimum atomic E-state index is -0.413. The third-order valence-corrected chi connectivity index (χ3v) is 2.97. The maximum atomic E-state index is 12.2. The molecular weight excluding hydrogens is 270 g/mol. The molecule has 112 valence electrons. The molecule has 1 heterocycles. The minimum absolute atomic E-state index is 0.317. The minimum Gasteiger partial charge on any atom is -0.462 e. The lowest BCUT2D eigenvalue weighted by atomic mass is 10.1. The lowest BCUT2D eigenvalue weighted by Gasteiger charge is -2.05. The Morgan fingerprint density at radius 2 is 2.00 bits per heavy atom. The van der Waals surface area contributed by atoms with Gasteiger partial charge in [-0.2, -0.15) is 0 Å². The molecule has 1 aromatic heterocycles. The number of carbonyl (C=O) groups is 1. The van der Waals surface area contributed by atoms with Gasteiger partial charge >= 0.3 is 5.97 Å². The smallest absolute Gasteiger partial charge is 0.344 e. The predicted molar refractivity (Wildman–Crippen MR) is 78.1 cm³/mol. The van der Waals surface area contributed by atoms with Crippen molar-refractivity contribution in [1.82, 2.24) is 5.16 Å². The first-order valence-electron chi connectivity index (χ1n) is 7.00.